The summed E-state index contributed by atoms with van der Waals surface area (Å²) in [5.41, 5.74) is 2.46. The highest BCUT2D eigenvalue weighted by molar-refractivity contribution is 5.84. The molecule has 1 heterocycles. The molecule has 2 N–H and O–H groups in total. The van der Waals surface area contributed by atoms with E-state index >= 15 is 0 Å². The molecule has 3 nitrogen and oxygen atoms in total. The van der Waals surface area contributed by atoms with Gasteiger partial charge in [0.25, 0.3) is 0 Å². The standard InChI is InChI=1S/C17H24N2O/c1-2-14(11-12-7-8-12)19-17(20)16-15-6-4-3-5-13(15)9-10-18-16/h3-6,12,14,16,18H,2,7-11H2,1H3,(H,19,20). The van der Waals surface area contributed by atoms with Crippen molar-refractivity contribution in [2.75, 3.05) is 6.54 Å². The van der Waals surface area contributed by atoms with Crippen LogP contribution in [0.3, 0.4) is 0 Å². The summed E-state index contributed by atoms with van der Waals surface area (Å²) >= 11 is 0. The molecule has 1 saturated carbocycles. The van der Waals surface area contributed by atoms with E-state index in [0.29, 0.717) is 6.04 Å². The lowest BCUT2D eigenvalue weighted by Crippen LogP contribution is -2.45. The average molecular weight is 272 g/mol. The fraction of sp³-hybridized carbons (Fsp3) is 0.588. The first-order valence-electron chi connectivity index (χ1n) is 7.89. The normalized spacial score (nSPS) is 22.9. The molecule has 0 saturated heterocycles. The summed E-state index contributed by atoms with van der Waals surface area (Å²) in [6.07, 6.45) is 5.88. The largest absolute Gasteiger partial charge is 0.352 e. The van der Waals surface area contributed by atoms with E-state index < -0.39 is 0 Å². The Kier molecular flexibility index (Phi) is 4.06. The third-order valence-corrected chi connectivity index (χ3v) is 4.53. The Hall–Kier alpha value is -1.35. The van der Waals surface area contributed by atoms with Gasteiger partial charge in [-0.2, -0.15) is 0 Å². The van der Waals surface area contributed by atoms with Crippen LogP contribution in [0.1, 0.15) is 49.8 Å². The SMILES string of the molecule is CCC(CC1CC1)NC(=O)C1NCCc2ccccc21. The van der Waals surface area contributed by atoms with Crippen molar-refractivity contribution in [3.05, 3.63) is 35.4 Å². The molecule has 1 aliphatic carbocycles. The van der Waals surface area contributed by atoms with Crippen molar-refractivity contribution >= 4 is 5.91 Å². The van der Waals surface area contributed by atoms with Crippen LogP contribution in [0.2, 0.25) is 0 Å². The van der Waals surface area contributed by atoms with Crippen LogP contribution in [-0.4, -0.2) is 18.5 Å². The number of fused-ring (bicyclic) bond motifs is 1. The lowest BCUT2D eigenvalue weighted by atomic mass is 9.93. The van der Waals surface area contributed by atoms with Crippen LogP contribution in [0.25, 0.3) is 0 Å². The fourth-order valence-electron chi connectivity index (χ4n) is 3.11. The van der Waals surface area contributed by atoms with Crippen LogP contribution < -0.4 is 10.6 Å². The molecule has 1 amide bonds. The van der Waals surface area contributed by atoms with E-state index in [1.54, 1.807) is 0 Å². The van der Waals surface area contributed by atoms with Gasteiger partial charge in [-0.15, -0.1) is 0 Å². The van der Waals surface area contributed by atoms with E-state index in [2.05, 4.69) is 35.8 Å². The minimum absolute atomic E-state index is 0.143. The molecule has 1 aromatic carbocycles. The summed E-state index contributed by atoms with van der Waals surface area (Å²) in [4.78, 5) is 12.6. The van der Waals surface area contributed by atoms with Crippen LogP contribution in [-0.2, 0) is 11.2 Å². The smallest absolute Gasteiger partial charge is 0.241 e. The molecule has 2 unspecified atom stereocenters. The average Bonchev–Trinajstić information content (AvgIpc) is 3.29. The van der Waals surface area contributed by atoms with Gasteiger partial charge in [-0.05, 0) is 36.3 Å². The zero-order chi connectivity index (χ0) is 13.9. The van der Waals surface area contributed by atoms with Crippen LogP contribution in [0.15, 0.2) is 24.3 Å². The molecule has 1 fully saturated rings. The first-order valence-corrected chi connectivity index (χ1v) is 7.89. The van der Waals surface area contributed by atoms with Gasteiger partial charge in [0.15, 0.2) is 0 Å². The summed E-state index contributed by atoms with van der Waals surface area (Å²) in [5, 5.41) is 6.61. The Morgan fingerprint density at radius 2 is 2.20 bits per heavy atom. The van der Waals surface area contributed by atoms with Crippen molar-refractivity contribution in [2.45, 2.75) is 51.1 Å². The van der Waals surface area contributed by atoms with Gasteiger partial charge >= 0.3 is 0 Å². The third-order valence-electron chi connectivity index (χ3n) is 4.53. The maximum atomic E-state index is 12.6. The van der Waals surface area contributed by atoms with E-state index in [1.807, 2.05) is 6.07 Å². The highest BCUT2D eigenvalue weighted by Gasteiger charge is 2.29. The van der Waals surface area contributed by atoms with E-state index in [0.717, 1.165) is 37.3 Å². The molecule has 0 aromatic heterocycles. The molecule has 1 aromatic rings. The lowest BCUT2D eigenvalue weighted by Gasteiger charge is -2.28. The minimum Gasteiger partial charge on any atom is -0.352 e. The molecule has 3 heteroatoms. The van der Waals surface area contributed by atoms with Crippen molar-refractivity contribution in [1.82, 2.24) is 10.6 Å². The highest BCUT2D eigenvalue weighted by atomic mass is 16.2. The molecule has 0 spiro atoms. The van der Waals surface area contributed by atoms with Gasteiger partial charge in [-0.3, -0.25) is 4.79 Å². The first-order chi connectivity index (χ1) is 9.78. The first kappa shape index (κ1) is 13.6. The van der Waals surface area contributed by atoms with Crippen molar-refractivity contribution in [2.24, 2.45) is 5.92 Å². The summed E-state index contributed by atoms with van der Waals surface area (Å²) in [6.45, 7) is 3.05. The van der Waals surface area contributed by atoms with Crippen LogP contribution in [0.4, 0.5) is 0 Å². The van der Waals surface area contributed by atoms with Gasteiger partial charge in [0.1, 0.15) is 6.04 Å². The van der Waals surface area contributed by atoms with Gasteiger partial charge in [-0.25, -0.2) is 0 Å². The second kappa shape index (κ2) is 5.96. The number of benzene rings is 1. The molecule has 108 valence electrons. The van der Waals surface area contributed by atoms with E-state index in [-0.39, 0.29) is 11.9 Å². The van der Waals surface area contributed by atoms with Crippen molar-refractivity contribution in [3.63, 3.8) is 0 Å². The van der Waals surface area contributed by atoms with Crippen molar-refractivity contribution in [1.29, 1.82) is 0 Å². The monoisotopic (exact) mass is 272 g/mol. The number of amides is 1. The molecule has 0 radical (unpaired) electrons. The van der Waals surface area contributed by atoms with E-state index in [4.69, 9.17) is 0 Å². The van der Waals surface area contributed by atoms with Crippen molar-refractivity contribution < 1.29 is 4.79 Å². The second-order valence-corrected chi connectivity index (χ2v) is 6.13. The Balaban J connectivity index is 1.67. The molecule has 3 rings (SSSR count). The number of rotatable bonds is 5. The zero-order valence-electron chi connectivity index (χ0n) is 12.2. The maximum Gasteiger partial charge on any atom is 0.241 e. The quantitative estimate of drug-likeness (QED) is 0.865. The summed E-state index contributed by atoms with van der Waals surface area (Å²) in [5.74, 6) is 0.997. The van der Waals surface area contributed by atoms with Crippen LogP contribution in [0, 0.1) is 5.92 Å². The van der Waals surface area contributed by atoms with Gasteiger partial charge in [0.2, 0.25) is 5.91 Å². The molecule has 1 aliphatic heterocycles. The highest BCUT2D eigenvalue weighted by Crippen LogP contribution is 2.34. The molecule has 2 atom stereocenters. The van der Waals surface area contributed by atoms with Crippen LogP contribution >= 0.6 is 0 Å². The molecule has 20 heavy (non-hydrogen) atoms. The number of hydrogen-bond donors (Lipinski definition) is 2. The number of carbonyl (C=O) groups excluding carboxylic acids is 1. The Morgan fingerprint density at radius 3 is 2.95 bits per heavy atom. The zero-order valence-corrected chi connectivity index (χ0v) is 12.2. The second-order valence-electron chi connectivity index (χ2n) is 6.13. The summed E-state index contributed by atoms with van der Waals surface area (Å²) in [6, 6.07) is 8.46. The summed E-state index contributed by atoms with van der Waals surface area (Å²) < 4.78 is 0. The number of carbonyl (C=O) groups is 1. The Labute approximate surface area is 121 Å². The van der Waals surface area contributed by atoms with E-state index in [1.165, 1.54) is 18.4 Å². The van der Waals surface area contributed by atoms with Gasteiger partial charge < -0.3 is 10.6 Å². The van der Waals surface area contributed by atoms with Gasteiger partial charge in [-0.1, -0.05) is 44.0 Å². The predicted molar refractivity (Wildman–Crippen MR) is 80.5 cm³/mol. The van der Waals surface area contributed by atoms with Gasteiger partial charge in [0, 0.05) is 12.6 Å². The summed E-state index contributed by atoms with van der Waals surface area (Å²) in [7, 11) is 0. The molecule has 2 aliphatic rings. The van der Waals surface area contributed by atoms with Crippen LogP contribution in [0.5, 0.6) is 0 Å². The topological polar surface area (TPSA) is 41.1 Å². The van der Waals surface area contributed by atoms with Gasteiger partial charge in [0.05, 0.1) is 0 Å². The number of hydrogen-bond acceptors (Lipinski definition) is 2. The maximum absolute atomic E-state index is 12.6. The Morgan fingerprint density at radius 1 is 1.40 bits per heavy atom. The lowest BCUT2D eigenvalue weighted by molar-refractivity contribution is -0.124. The molecular formula is C17H24N2O. The van der Waals surface area contributed by atoms with Crippen molar-refractivity contribution in [3.8, 4) is 0 Å². The third kappa shape index (κ3) is 3.04. The minimum atomic E-state index is -0.173. The molecular weight excluding hydrogens is 248 g/mol. The van der Waals surface area contributed by atoms with E-state index in [9.17, 15) is 4.79 Å². The molecule has 0 bridgehead atoms. The fourth-order valence-corrected chi connectivity index (χ4v) is 3.11. The Bertz CT molecular complexity index is 482. The predicted octanol–water partition coefficient (Wildman–Crippen LogP) is 2.57. The number of nitrogens with one attached hydrogen (secondary N) is 2.